The minimum absolute atomic E-state index is 0.306. The first-order chi connectivity index (χ1) is 11.6. The van der Waals surface area contributed by atoms with E-state index in [9.17, 15) is 4.79 Å². The van der Waals surface area contributed by atoms with E-state index in [1.165, 1.54) is 24.8 Å². The third-order valence-electron chi connectivity index (χ3n) is 4.24. The molecule has 0 aromatic heterocycles. The van der Waals surface area contributed by atoms with Crippen LogP contribution in [0.4, 0.5) is 0 Å². The second-order valence-electron chi connectivity index (χ2n) is 6.51. The van der Waals surface area contributed by atoms with Crippen LogP contribution in [0.15, 0.2) is 24.3 Å². The zero-order valence-corrected chi connectivity index (χ0v) is 15.2. The van der Waals surface area contributed by atoms with Crippen molar-refractivity contribution in [1.29, 1.82) is 0 Å². The molecule has 0 fully saturated rings. The summed E-state index contributed by atoms with van der Waals surface area (Å²) in [6.07, 6.45) is 8.94. The Kier molecular flexibility index (Phi) is 10.9. The summed E-state index contributed by atoms with van der Waals surface area (Å²) >= 11 is 0. The molecule has 0 aliphatic rings. The number of aliphatic carboxylic acids is 1. The number of benzene rings is 1. The van der Waals surface area contributed by atoms with Crippen molar-refractivity contribution in [3.8, 4) is 5.75 Å². The number of hydrogen-bond acceptors (Lipinski definition) is 3. The Bertz CT molecular complexity index is 462. The van der Waals surface area contributed by atoms with Crippen molar-refractivity contribution in [2.75, 3.05) is 13.7 Å². The van der Waals surface area contributed by atoms with E-state index in [4.69, 9.17) is 9.84 Å². The minimum Gasteiger partial charge on any atom is -0.494 e. The molecule has 0 aliphatic carbocycles. The molecule has 4 heteroatoms. The predicted molar refractivity (Wildman–Crippen MR) is 98.7 cm³/mol. The van der Waals surface area contributed by atoms with Gasteiger partial charge in [0.15, 0.2) is 0 Å². The highest BCUT2D eigenvalue weighted by Gasteiger charge is 2.02. The van der Waals surface area contributed by atoms with Crippen molar-refractivity contribution in [2.24, 2.45) is 0 Å². The number of hydrogen-bond donors (Lipinski definition) is 2. The van der Waals surface area contributed by atoms with Crippen LogP contribution >= 0.6 is 0 Å². The number of carboxylic acids is 1. The standard InChI is InChI=1S/C20H33NO3/c1-17(21-2)15-18-11-10-12-19(16-18)24-14-9-7-5-3-4-6-8-13-20(22)23/h10-12,16-17,21H,3-9,13-15H2,1-2H3,(H,22,23)/t17-/m0/s1. The lowest BCUT2D eigenvalue weighted by Crippen LogP contribution is -2.23. The lowest BCUT2D eigenvalue weighted by Gasteiger charge is -2.12. The fourth-order valence-corrected chi connectivity index (χ4v) is 2.67. The van der Waals surface area contributed by atoms with Crippen LogP contribution in [-0.4, -0.2) is 30.8 Å². The lowest BCUT2D eigenvalue weighted by atomic mass is 10.1. The molecule has 1 aromatic rings. The summed E-state index contributed by atoms with van der Waals surface area (Å²) in [5.41, 5.74) is 1.30. The van der Waals surface area contributed by atoms with E-state index >= 15 is 0 Å². The molecule has 4 nitrogen and oxygen atoms in total. The van der Waals surface area contributed by atoms with Crippen LogP contribution in [0.3, 0.4) is 0 Å². The first-order valence-corrected chi connectivity index (χ1v) is 9.22. The third kappa shape index (κ3) is 10.3. The summed E-state index contributed by atoms with van der Waals surface area (Å²) in [6.45, 7) is 2.94. The van der Waals surface area contributed by atoms with Crippen LogP contribution in [0.25, 0.3) is 0 Å². The summed E-state index contributed by atoms with van der Waals surface area (Å²) in [7, 11) is 1.98. The van der Waals surface area contributed by atoms with Crippen LogP contribution < -0.4 is 10.1 Å². The van der Waals surface area contributed by atoms with Crippen molar-refractivity contribution >= 4 is 5.97 Å². The van der Waals surface area contributed by atoms with E-state index in [2.05, 4.69) is 30.4 Å². The maximum atomic E-state index is 10.4. The van der Waals surface area contributed by atoms with Crippen molar-refractivity contribution < 1.29 is 14.6 Å². The van der Waals surface area contributed by atoms with E-state index < -0.39 is 5.97 Å². The smallest absolute Gasteiger partial charge is 0.303 e. The predicted octanol–water partition coefficient (Wildman–Crippen LogP) is 4.42. The Balaban J connectivity index is 2.05. The average Bonchev–Trinajstić information content (AvgIpc) is 2.56. The van der Waals surface area contributed by atoms with Crippen LogP contribution in [-0.2, 0) is 11.2 Å². The zero-order valence-electron chi connectivity index (χ0n) is 15.2. The zero-order chi connectivity index (χ0) is 17.6. The molecule has 0 aliphatic heterocycles. The normalized spacial score (nSPS) is 12.1. The van der Waals surface area contributed by atoms with Crippen LogP contribution in [0.5, 0.6) is 5.75 Å². The highest BCUT2D eigenvalue weighted by atomic mass is 16.5. The van der Waals surface area contributed by atoms with Gasteiger partial charge in [-0.05, 0) is 50.9 Å². The Morgan fingerprint density at radius 1 is 1.12 bits per heavy atom. The van der Waals surface area contributed by atoms with E-state index in [0.29, 0.717) is 12.5 Å². The van der Waals surface area contributed by atoms with Crippen molar-refractivity contribution in [2.45, 2.75) is 70.8 Å². The fourth-order valence-electron chi connectivity index (χ4n) is 2.67. The number of carbonyl (C=O) groups is 1. The van der Waals surface area contributed by atoms with Gasteiger partial charge in [-0.3, -0.25) is 4.79 Å². The number of carboxylic acid groups (broad SMARTS) is 1. The van der Waals surface area contributed by atoms with Crippen molar-refractivity contribution in [3.05, 3.63) is 29.8 Å². The summed E-state index contributed by atoms with van der Waals surface area (Å²) < 4.78 is 5.85. The van der Waals surface area contributed by atoms with Gasteiger partial charge in [0, 0.05) is 12.5 Å². The summed E-state index contributed by atoms with van der Waals surface area (Å²) in [5, 5.41) is 11.8. The minimum atomic E-state index is -0.684. The second-order valence-corrected chi connectivity index (χ2v) is 6.51. The first kappa shape index (κ1) is 20.5. The molecular weight excluding hydrogens is 302 g/mol. The monoisotopic (exact) mass is 335 g/mol. The van der Waals surface area contributed by atoms with E-state index in [1.807, 2.05) is 13.1 Å². The number of ether oxygens (including phenoxy) is 1. The SMILES string of the molecule is CN[C@@H](C)Cc1cccc(OCCCCCCCCCC(=O)O)c1. The Hall–Kier alpha value is -1.55. The van der Waals surface area contributed by atoms with Gasteiger partial charge in [0.25, 0.3) is 0 Å². The van der Waals surface area contributed by atoms with Crippen LogP contribution in [0, 0.1) is 0 Å². The molecule has 1 aromatic carbocycles. The molecule has 136 valence electrons. The topological polar surface area (TPSA) is 58.6 Å². The quantitative estimate of drug-likeness (QED) is 0.494. The highest BCUT2D eigenvalue weighted by Crippen LogP contribution is 2.16. The molecule has 1 rings (SSSR count). The Morgan fingerprint density at radius 3 is 2.46 bits per heavy atom. The van der Waals surface area contributed by atoms with Gasteiger partial charge in [-0.1, -0.05) is 44.2 Å². The molecule has 0 spiro atoms. The van der Waals surface area contributed by atoms with Gasteiger partial charge in [-0.2, -0.15) is 0 Å². The number of rotatable bonds is 14. The molecule has 24 heavy (non-hydrogen) atoms. The summed E-state index contributed by atoms with van der Waals surface area (Å²) in [4.78, 5) is 10.4. The van der Waals surface area contributed by atoms with Crippen LogP contribution in [0.2, 0.25) is 0 Å². The van der Waals surface area contributed by atoms with E-state index in [0.717, 1.165) is 44.5 Å². The Labute approximate surface area is 146 Å². The van der Waals surface area contributed by atoms with Crippen molar-refractivity contribution in [3.63, 3.8) is 0 Å². The molecule has 0 heterocycles. The van der Waals surface area contributed by atoms with Gasteiger partial charge in [-0.25, -0.2) is 0 Å². The maximum absolute atomic E-state index is 10.4. The fraction of sp³-hybridized carbons (Fsp3) is 0.650. The lowest BCUT2D eigenvalue weighted by molar-refractivity contribution is -0.137. The highest BCUT2D eigenvalue weighted by molar-refractivity contribution is 5.66. The third-order valence-corrected chi connectivity index (χ3v) is 4.24. The largest absolute Gasteiger partial charge is 0.494 e. The van der Waals surface area contributed by atoms with Crippen molar-refractivity contribution in [1.82, 2.24) is 5.32 Å². The van der Waals surface area contributed by atoms with Gasteiger partial charge < -0.3 is 15.2 Å². The van der Waals surface area contributed by atoms with Crippen LogP contribution in [0.1, 0.15) is 63.9 Å². The molecule has 0 saturated carbocycles. The molecule has 1 atom stereocenters. The molecule has 0 saturated heterocycles. The molecule has 2 N–H and O–H groups in total. The number of nitrogens with one attached hydrogen (secondary N) is 1. The summed E-state index contributed by atoms with van der Waals surface area (Å²) in [5.74, 6) is 0.279. The van der Waals surface area contributed by atoms with Gasteiger partial charge in [-0.15, -0.1) is 0 Å². The van der Waals surface area contributed by atoms with E-state index in [1.54, 1.807) is 0 Å². The molecular formula is C20H33NO3. The van der Waals surface area contributed by atoms with Gasteiger partial charge in [0.1, 0.15) is 5.75 Å². The number of unbranched alkanes of at least 4 members (excludes halogenated alkanes) is 6. The summed E-state index contributed by atoms with van der Waals surface area (Å²) in [6, 6.07) is 8.83. The molecule has 0 radical (unpaired) electrons. The molecule has 0 bridgehead atoms. The second kappa shape index (κ2) is 12.8. The molecule has 0 amide bonds. The van der Waals surface area contributed by atoms with Gasteiger partial charge >= 0.3 is 5.97 Å². The van der Waals surface area contributed by atoms with E-state index in [-0.39, 0.29) is 0 Å². The maximum Gasteiger partial charge on any atom is 0.303 e. The Morgan fingerprint density at radius 2 is 1.79 bits per heavy atom. The van der Waals surface area contributed by atoms with Gasteiger partial charge in [0.2, 0.25) is 0 Å². The number of likely N-dealkylation sites (N-methyl/N-ethyl adjacent to an activating group) is 1. The van der Waals surface area contributed by atoms with Gasteiger partial charge in [0.05, 0.1) is 6.61 Å². The molecule has 0 unspecified atom stereocenters. The first-order valence-electron chi connectivity index (χ1n) is 9.22. The average molecular weight is 335 g/mol.